The molecule has 0 bridgehead atoms. The van der Waals surface area contributed by atoms with Crippen LogP contribution in [0.1, 0.15) is 59.3 Å². The minimum atomic E-state index is 0. The van der Waals surface area contributed by atoms with E-state index in [1.54, 1.807) is 7.11 Å². The summed E-state index contributed by atoms with van der Waals surface area (Å²) in [6.07, 6.45) is 7.70. The van der Waals surface area contributed by atoms with Crippen molar-refractivity contribution in [3.8, 4) is 0 Å². The van der Waals surface area contributed by atoms with E-state index in [2.05, 4.69) is 36.4 Å². The second-order valence-electron chi connectivity index (χ2n) is 7.33. The molecule has 0 aliphatic heterocycles. The zero-order chi connectivity index (χ0) is 17.8. The zero-order valence-corrected chi connectivity index (χ0v) is 19.2. The van der Waals surface area contributed by atoms with Crippen LogP contribution in [-0.2, 0) is 9.47 Å². The molecule has 150 valence electrons. The average Bonchev–Trinajstić information content (AvgIpc) is 3.04. The van der Waals surface area contributed by atoms with Gasteiger partial charge in [-0.2, -0.15) is 0 Å². The fourth-order valence-corrected chi connectivity index (χ4v) is 3.61. The summed E-state index contributed by atoms with van der Waals surface area (Å²) in [4.78, 5) is 4.37. The number of aliphatic imine (C=N–C) groups is 1. The maximum Gasteiger partial charge on any atom is 0.190 e. The molecule has 0 aromatic heterocycles. The van der Waals surface area contributed by atoms with Gasteiger partial charge < -0.3 is 20.1 Å². The van der Waals surface area contributed by atoms with Gasteiger partial charge in [-0.05, 0) is 43.9 Å². The molecule has 5 nitrogen and oxygen atoms in total. The first-order chi connectivity index (χ1) is 11.6. The van der Waals surface area contributed by atoms with Crippen molar-refractivity contribution < 1.29 is 9.47 Å². The van der Waals surface area contributed by atoms with E-state index in [9.17, 15) is 0 Å². The molecule has 0 saturated heterocycles. The summed E-state index contributed by atoms with van der Waals surface area (Å²) in [6, 6.07) is 0. The van der Waals surface area contributed by atoms with Crippen molar-refractivity contribution in [2.24, 2.45) is 16.3 Å². The fourth-order valence-electron chi connectivity index (χ4n) is 3.61. The summed E-state index contributed by atoms with van der Waals surface area (Å²) in [5.41, 5.74) is 0.374. The predicted octanol–water partition coefficient (Wildman–Crippen LogP) is 3.82. The maximum atomic E-state index is 5.81. The van der Waals surface area contributed by atoms with Crippen LogP contribution >= 0.6 is 24.0 Å². The Balaban J connectivity index is 0.00000576. The lowest BCUT2D eigenvalue weighted by Crippen LogP contribution is -2.44. The summed E-state index contributed by atoms with van der Waals surface area (Å²) >= 11 is 0. The molecule has 0 aromatic carbocycles. The van der Waals surface area contributed by atoms with Crippen molar-refractivity contribution in [3.05, 3.63) is 0 Å². The van der Waals surface area contributed by atoms with Crippen LogP contribution in [0.3, 0.4) is 0 Å². The molecule has 0 spiro atoms. The van der Waals surface area contributed by atoms with E-state index in [-0.39, 0.29) is 24.0 Å². The second kappa shape index (κ2) is 14.0. The molecular formula is C19H40IN3O2. The SMILES string of the molecule is CCOC(CCNC(=NC)NCC1(CCOC)CCCC1)C(C)C.I. The van der Waals surface area contributed by atoms with Crippen molar-refractivity contribution >= 4 is 29.9 Å². The van der Waals surface area contributed by atoms with E-state index >= 15 is 0 Å². The van der Waals surface area contributed by atoms with E-state index < -0.39 is 0 Å². The van der Waals surface area contributed by atoms with Crippen molar-refractivity contribution in [1.82, 2.24) is 10.6 Å². The molecule has 6 heteroatoms. The van der Waals surface area contributed by atoms with Gasteiger partial charge in [-0.1, -0.05) is 26.7 Å². The Morgan fingerprint density at radius 1 is 1.20 bits per heavy atom. The average molecular weight is 469 g/mol. The molecule has 1 atom stereocenters. The zero-order valence-electron chi connectivity index (χ0n) is 16.9. The quantitative estimate of drug-likeness (QED) is 0.275. The minimum Gasteiger partial charge on any atom is -0.385 e. The lowest BCUT2D eigenvalue weighted by molar-refractivity contribution is 0.0258. The van der Waals surface area contributed by atoms with Gasteiger partial charge in [-0.25, -0.2) is 0 Å². The third-order valence-electron chi connectivity index (χ3n) is 5.20. The molecule has 0 aromatic rings. The van der Waals surface area contributed by atoms with E-state index in [1.807, 2.05) is 7.05 Å². The highest BCUT2D eigenvalue weighted by Crippen LogP contribution is 2.40. The summed E-state index contributed by atoms with van der Waals surface area (Å²) < 4.78 is 11.1. The van der Waals surface area contributed by atoms with Crippen LogP contribution in [0.15, 0.2) is 4.99 Å². The highest BCUT2D eigenvalue weighted by atomic mass is 127. The number of halogens is 1. The fraction of sp³-hybridized carbons (Fsp3) is 0.947. The van der Waals surface area contributed by atoms with Crippen molar-refractivity contribution in [2.75, 3.05) is 40.5 Å². The molecule has 1 saturated carbocycles. The Labute approximate surface area is 172 Å². The van der Waals surface area contributed by atoms with Gasteiger partial charge in [0.05, 0.1) is 6.10 Å². The number of hydrogen-bond acceptors (Lipinski definition) is 3. The van der Waals surface area contributed by atoms with Gasteiger partial charge in [0.25, 0.3) is 0 Å². The lowest BCUT2D eigenvalue weighted by Gasteiger charge is -2.30. The molecule has 1 rings (SSSR count). The summed E-state index contributed by atoms with van der Waals surface area (Å²) in [7, 11) is 3.63. The Morgan fingerprint density at radius 3 is 2.40 bits per heavy atom. The van der Waals surface area contributed by atoms with Crippen LogP contribution in [0.4, 0.5) is 0 Å². The Morgan fingerprint density at radius 2 is 1.88 bits per heavy atom. The largest absolute Gasteiger partial charge is 0.385 e. The molecule has 1 aliphatic rings. The number of nitrogens with one attached hydrogen (secondary N) is 2. The smallest absolute Gasteiger partial charge is 0.190 e. The standard InChI is InChI=1S/C19H39N3O2.HI/c1-6-24-17(16(2)3)9-13-21-18(20-4)22-15-19(12-14-23-5)10-7-8-11-19;/h16-17H,6-15H2,1-5H3,(H2,20,21,22);1H. The first-order valence-electron chi connectivity index (χ1n) is 9.62. The van der Waals surface area contributed by atoms with E-state index in [0.717, 1.165) is 45.1 Å². The maximum absolute atomic E-state index is 5.81. The molecule has 0 radical (unpaired) electrons. The van der Waals surface area contributed by atoms with E-state index in [1.165, 1.54) is 25.7 Å². The Kier molecular flexibility index (Phi) is 14.0. The van der Waals surface area contributed by atoms with Gasteiger partial charge in [0, 0.05) is 40.5 Å². The molecule has 1 fully saturated rings. The summed E-state index contributed by atoms with van der Waals surface area (Å²) in [5, 5.41) is 6.98. The van der Waals surface area contributed by atoms with Gasteiger partial charge in [-0.3, -0.25) is 4.99 Å². The van der Waals surface area contributed by atoms with E-state index in [4.69, 9.17) is 9.47 Å². The van der Waals surface area contributed by atoms with Gasteiger partial charge >= 0.3 is 0 Å². The lowest BCUT2D eigenvalue weighted by atomic mass is 9.83. The molecule has 0 heterocycles. The second-order valence-corrected chi connectivity index (χ2v) is 7.33. The molecule has 25 heavy (non-hydrogen) atoms. The van der Waals surface area contributed by atoms with Crippen molar-refractivity contribution in [2.45, 2.75) is 65.4 Å². The molecule has 1 aliphatic carbocycles. The highest BCUT2D eigenvalue weighted by molar-refractivity contribution is 14.0. The first-order valence-corrected chi connectivity index (χ1v) is 9.62. The molecule has 1 unspecified atom stereocenters. The van der Waals surface area contributed by atoms with Crippen LogP contribution < -0.4 is 10.6 Å². The molecule has 0 amide bonds. The van der Waals surface area contributed by atoms with Crippen LogP contribution in [0, 0.1) is 11.3 Å². The normalized spacial score (nSPS) is 18.1. The van der Waals surface area contributed by atoms with Crippen LogP contribution in [0.5, 0.6) is 0 Å². The summed E-state index contributed by atoms with van der Waals surface area (Å²) in [6.45, 7) is 9.98. The van der Waals surface area contributed by atoms with Gasteiger partial charge in [0.1, 0.15) is 0 Å². The van der Waals surface area contributed by atoms with Crippen LogP contribution in [0.25, 0.3) is 0 Å². The van der Waals surface area contributed by atoms with Gasteiger partial charge in [0.2, 0.25) is 0 Å². The monoisotopic (exact) mass is 469 g/mol. The highest BCUT2D eigenvalue weighted by Gasteiger charge is 2.33. The van der Waals surface area contributed by atoms with Crippen molar-refractivity contribution in [3.63, 3.8) is 0 Å². The van der Waals surface area contributed by atoms with Crippen LogP contribution in [-0.4, -0.2) is 52.5 Å². The van der Waals surface area contributed by atoms with Crippen molar-refractivity contribution in [1.29, 1.82) is 0 Å². The predicted molar refractivity (Wildman–Crippen MR) is 117 cm³/mol. The van der Waals surface area contributed by atoms with Crippen LogP contribution in [0.2, 0.25) is 0 Å². The van der Waals surface area contributed by atoms with E-state index in [0.29, 0.717) is 17.4 Å². The number of rotatable bonds is 11. The Bertz CT molecular complexity index is 359. The number of methoxy groups -OCH3 is 1. The topological polar surface area (TPSA) is 54.9 Å². The number of hydrogen-bond donors (Lipinski definition) is 2. The molecule has 2 N–H and O–H groups in total. The number of nitrogens with zero attached hydrogens (tertiary/aromatic N) is 1. The van der Waals surface area contributed by atoms with Gasteiger partial charge in [-0.15, -0.1) is 24.0 Å². The number of guanidine groups is 1. The third kappa shape index (κ3) is 9.43. The molecular weight excluding hydrogens is 429 g/mol. The third-order valence-corrected chi connectivity index (χ3v) is 5.20. The minimum absolute atomic E-state index is 0. The first kappa shape index (κ1) is 24.9. The summed E-state index contributed by atoms with van der Waals surface area (Å²) in [5.74, 6) is 1.44. The number of ether oxygens (including phenoxy) is 2. The van der Waals surface area contributed by atoms with Gasteiger partial charge in [0.15, 0.2) is 5.96 Å². The Hall–Kier alpha value is -0.0800.